The van der Waals surface area contributed by atoms with Crippen LogP contribution in [0.15, 0.2) is 51.4 Å². The van der Waals surface area contributed by atoms with E-state index in [1.807, 2.05) is 5.38 Å². The Labute approximate surface area is 188 Å². The highest BCUT2D eigenvalue weighted by molar-refractivity contribution is 7.99. The molecule has 9 nitrogen and oxygen atoms in total. The van der Waals surface area contributed by atoms with E-state index in [0.29, 0.717) is 16.6 Å². The molecule has 2 heterocycles. The molecule has 0 fully saturated rings. The van der Waals surface area contributed by atoms with E-state index >= 15 is 0 Å². The third-order valence-corrected chi connectivity index (χ3v) is 6.74. The van der Waals surface area contributed by atoms with Crippen LogP contribution in [0.25, 0.3) is 0 Å². The summed E-state index contributed by atoms with van der Waals surface area (Å²) in [6.45, 7) is 6.29. The number of rotatable bonds is 10. The number of hydrogen-bond acceptors (Lipinski definition) is 8. The second-order valence-corrected chi connectivity index (χ2v) is 8.56. The van der Waals surface area contributed by atoms with E-state index in [1.54, 1.807) is 35.1 Å². The number of amides is 1. The van der Waals surface area contributed by atoms with E-state index in [9.17, 15) is 14.9 Å². The summed E-state index contributed by atoms with van der Waals surface area (Å²) >= 11 is 2.75. The van der Waals surface area contributed by atoms with Gasteiger partial charge in [0.15, 0.2) is 5.16 Å². The molecule has 11 heteroatoms. The number of nitro benzene ring substituents is 1. The summed E-state index contributed by atoms with van der Waals surface area (Å²) in [6.07, 6.45) is 1.52. The van der Waals surface area contributed by atoms with Gasteiger partial charge >= 0.3 is 0 Å². The lowest BCUT2D eigenvalue weighted by Crippen LogP contribution is -2.37. The number of nitrogens with one attached hydrogen (secondary N) is 1. The van der Waals surface area contributed by atoms with Crippen molar-refractivity contribution in [2.75, 3.05) is 19.6 Å². The number of thiophene rings is 1. The Morgan fingerprint density at radius 2 is 2.13 bits per heavy atom. The van der Waals surface area contributed by atoms with Crippen molar-refractivity contribution in [2.24, 2.45) is 7.05 Å². The Bertz CT molecular complexity index is 1030. The first-order valence-corrected chi connectivity index (χ1v) is 11.5. The van der Waals surface area contributed by atoms with Crippen molar-refractivity contribution in [2.45, 2.75) is 29.9 Å². The van der Waals surface area contributed by atoms with Crippen LogP contribution in [0, 0.1) is 10.1 Å². The number of likely N-dealkylation sites (N-methyl/N-ethyl adjacent to an activating group) is 1. The number of hydrogen-bond donors (Lipinski definition) is 1. The molecule has 1 aromatic carbocycles. The van der Waals surface area contributed by atoms with E-state index in [1.165, 1.54) is 12.4 Å². The summed E-state index contributed by atoms with van der Waals surface area (Å²) in [5.74, 6) is -0.342. The molecule has 1 amide bonds. The molecule has 3 rings (SSSR count). The van der Waals surface area contributed by atoms with E-state index in [2.05, 4.69) is 45.7 Å². The normalized spacial score (nSPS) is 12.1. The highest BCUT2D eigenvalue weighted by atomic mass is 32.2. The van der Waals surface area contributed by atoms with Gasteiger partial charge in [0.25, 0.3) is 11.6 Å². The van der Waals surface area contributed by atoms with Gasteiger partial charge in [-0.1, -0.05) is 13.8 Å². The first kappa shape index (κ1) is 22.9. The van der Waals surface area contributed by atoms with Crippen molar-refractivity contribution in [1.29, 1.82) is 0 Å². The van der Waals surface area contributed by atoms with Crippen LogP contribution in [0.5, 0.6) is 0 Å². The fraction of sp³-hybridized carbons (Fsp3) is 0.350. The number of nitro groups is 1. The van der Waals surface area contributed by atoms with Crippen LogP contribution in [0.4, 0.5) is 5.69 Å². The van der Waals surface area contributed by atoms with Crippen molar-refractivity contribution >= 4 is 34.7 Å². The van der Waals surface area contributed by atoms with Crippen LogP contribution in [-0.4, -0.2) is 50.1 Å². The van der Waals surface area contributed by atoms with Gasteiger partial charge in [0, 0.05) is 25.2 Å². The van der Waals surface area contributed by atoms with Gasteiger partial charge in [0.1, 0.15) is 6.33 Å². The van der Waals surface area contributed by atoms with E-state index < -0.39 is 4.92 Å². The Morgan fingerprint density at radius 1 is 1.35 bits per heavy atom. The monoisotopic (exact) mass is 460 g/mol. The van der Waals surface area contributed by atoms with Crippen LogP contribution >= 0.6 is 23.1 Å². The Morgan fingerprint density at radius 3 is 2.71 bits per heavy atom. The quantitative estimate of drug-likeness (QED) is 0.363. The molecule has 0 saturated carbocycles. The minimum Gasteiger partial charge on any atom is -0.350 e. The number of benzene rings is 1. The van der Waals surface area contributed by atoms with Gasteiger partial charge < -0.3 is 9.88 Å². The first-order chi connectivity index (χ1) is 14.9. The maximum atomic E-state index is 12.8. The van der Waals surface area contributed by atoms with Crippen LogP contribution in [0.1, 0.15) is 35.8 Å². The summed E-state index contributed by atoms with van der Waals surface area (Å²) in [7, 11) is 1.76. The third-order valence-electron chi connectivity index (χ3n) is 4.93. The molecular weight excluding hydrogens is 436 g/mol. The molecule has 2 aromatic heterocycles. The molecule has 0 aliphatic carbocycles. The van der Waals surface area contributed by atoms with Crippen LogP contribution in [0.2, 0.25) is 0 Å². The van der Waals surface area contributed by atoms with Gasteiger partial charge in [-0.3, -0.25) is 19.8 Å². The molecule has 1 N–H and O–H groups in total. The highest BCUT2D eigenvalue weighted by Gasteiger charge is 2.22. The minimum absolute atomic E-state index is 0.0472. The van der Waals surface area contributed by atoms with E-state index in [-0.39, 0.29) is 23.2 Å². The van der Waals surface area contributed by atoms with Gasteiger partial charge in [-0.05, 0) is 59.4 Å². The van der Waals surface area contributed by atoms with Gasteiger partial charge in [-0.2, -0.15) is 11.3 Å². The Hall–Kier alpha value is -2.76. The van der Waals surface area contributed by atoms with E-state index in [4.69, 9.17) is 0 Å². The second kappa shape index (κ2) is 10.5. The third kappa shape index (κ3) is 5.49. The predicted molar refractivity (Wildman–Crippen MR) is 121 cm³/mol. The lowest BCUT2D eigenvalue weighted by atomic mass is 10.1. The second-order valence-electron chi connectivity index (χ2n) is 6.77. The average Bonchev–Trinajstić information content (AvgIpc) is 3.43. The molecule has 0 spiro atoms. The van der Waals surface area contributed by atoms with Crippen LogP contribution < -0.4 is 5.32 Å². The number of aryl methyl sites for hydroxylation is 1. The van der Waals surface area contributed by atoms with Crippen molar-refractivity contribution in [3.63, 3.8) is 0 Å². The molecule has 3 aromatic rings. The van der Waals surface area contributed by atoms with Gasteiger partial charge in [0.05, 0.1) is 15.9 Å². The van der Waals surface area contributed by atoms with Crippen LogP contribution in [0.3, 0.4) is 0 Å². The number of carbonyl (C=O) groups is 1. The van der Waals surface area contributed by atoms with Crippen molar-refractivity contribution < 1.29 is 9.72 Å². The smallest absolute Gasteiger partial charge is 0.284 e. The van der Waals surface area contributed by atoms with Crippen LogP contribution in [-0.2, 0) is 7.05 Å². The fourth-order valence-electron chi connectivity index (χ4n) is 3.23. The predicted octanol–water partition coefficient (Wildman–Crippen LogP) is 3.75. The minimum atomic E-state index is -0.487. The SMILES string of the molecule is CCN(CC)C(CNC(=O)c1ccc(Sc2nncn2C)c([N+](=O)[O-])c1)c1ccsc1. The standard InChI is InChI=1S/C20H24N6O3S2/c1-4-25(5-2)17(15-8-9-30-12-15)11-21-19(27)14-6-7-18(16(10-14)26(28)29)31-20-23-22-13-24(20)3/h6-10,12-13,17H,4-5,11H2,1-3H3,(H,21,27). The molecule has 164 valence electrons. The van der Waals surface area contributed by atoms with Gasteiger partial charge in [0.2, 0.25) is 0 Å². The lowest BCUT2D eigenvalue weighted by molar-refractivity contribution is -0.387. The molecule has 0 saturated heterocycles. The molecule has 1 unspecified atom stereocenters. The molecule has 31 heavy (non-hydrogen) atoms. The zero-order chi connectivity index (χ0) is 22.4. The number of carbonyl (C=O) groups excluding carboxylic acids is 1. The van der Waals surface area contributed by atoms with Gasteiger partial charge in [-0.25, -0.2) is 0 Å². The number of aromatic nitrogens is 3. The topological polar surface area (TPSA) is 106 Å². The molecular formula is C20H24N6O3S2. The molecule has 0 aliphatic rings. The summed E-state index contributed by atoms with van der Waals surface area (Å²) in [5.41, 5.74) is 1.26. The van der Waals surface area contributed by atoms with Crippen molar-refractivity contribution in [3.8, 4) is 0 Å². The average molecular weight is 461 g/mol. The summed E-state index contributed by atoms with van der Waals surface area (Å²) in [6, 6.07) is 6.59. The van der Waals surface area contributed by atoms with Gasteiger partial charge in [-0.15, -0.1) is 10.2 Å². The van der Waals surface area contributed by atoms with E-state index in [0.717, 1.165) is 30.4 Å². The Balaban J connectivity index is 1.77. The maximum absolute atomic E-state index is 12.8. The molecule has 0 bridgehead atoms. The Kier molecular flexibility index (Phi) is 7.77. The maximum Gasteiger partial charge on any atom is 0.284 e. The number of nitrogens with zero attached hydrogens (tertiary/aromatic N) is 5. The largest absolute Gasteiger partial charge is 0.350 e. The zero-order valence-electron chi connectivity index (χ0n) is 17.5. The summed E-state index contributed by atoms with van der Waals surface area (Å²) < 4.78 is 1.67. The van der Waals surface area contributed by atoms with Crippen molar-refractivity contribution in [3.05, 3.63) is 62.6 Å². The summed E-state index contributed by atoms with van der Waals surface area (Å²) in [4.78, 5) is 26.6. The lowest BCUT2D eigenvalue weighted by Gasteiger charge is -2.29. The summed E-state index contributed by atoms with van der Waals surface area (Å²) in [5, 5.41) is 26.9. The van der Waals surface area contributed by atoms with Crippen molar-refractivity contribution in [1.82, 2.24) is 25.0 Å². The highest BCUT2D eigenvalue weighted by Crippen LogP contribution is 2.34. The molecule has 0 aliphatic heterocycles. The fourth-order valence-corrected chi connectivity index (χ4v) is 4.79. The molecule has 0 radical (unpaired) electrons. The first-order valence-electron chi connectivity index (χ1n) is 9.79. The zero-order valence-corrected chi connectivity index (χ0v) is 19.2. The molecule has 1 atom stereocenters.